The molecule has 0 saturated carbocycles. The predicted octanol–water partition coefficient (Wildman–Crippen LogP) is -0.778. The zero-order valence-corrected chi connectivity index (χ0v) is 25.7. The van der Waals surface area contributed by atoms with E-state index in [0.29, 0.717) is 12.1 Å². The number of esters is 1. The second-order valence-corrected chi connectivity index (χ2v) is 10.9. The third-order valence-corrected chi connectivity index (χ3v) is 6.97. The molecule has 0 unspecified atom stereocenters. The van der Waals surface area contributed by atoms with Crippen molar-refractivity contribution in [3.8, 4) is 0 Å². The minimum atomic E-state index is -4.10. The van der Waals surface area contributed by atoms with Gasteiger partial charge in [0.05, 0.1) is 19.7 Å². The van der Waals surface area contributed by atoms with Crippen molar-refractivity contribution in [3.05, 3.63) is 54.4 Å². The average Bonchev–Trinajstić information content (AvgIpc) is 2.96. The van der Waals surface area contributed by atoms with Gasteiger partial charge in [0.25, 0.3) is 11.9 Å². The van der Waals surface area contributed by atoms with Gasteiger partial charge in [-0.15, -0.1) is 0 Å². The highest BCUT2D eigenvalue weighted by Gasteiger charge is 2.29. The maximum atomic E-state index is 12.6. The molecule has 2 amide bonds. The largest absolute Gasteiger partial charge is 0.481 e. The maximum Gasteiger partial charge on any atom is 0.326 e. The fourth-order valence-corrected chi connectivity index (χ4v) is 4.72. The highest BCUT2D eigenvalue weighted by Crippen LogP contribution is 2.18. The molecule has 1 aromatic heterocycles. The first kappa shape index (κ1) is 37.9. The zero-order valence-electron chi connectivity index (χ0n) is 24.9. The molecular weight excluding hydrogens is 614 g/mol. The van der Waals surface area contributed by atoms with Crippen LogP contribution in [0.25, 0.3) is 0 Å². The Morgan fingerprint density at radius 3 is 2.18 bits per heavy atom. The molecule has 1 aliphatic rings. The number of carboxylic acid groups (broad SMARTS) is 2. The fraction of sp³-hybridized carbons (Fsp3) is 0.370. The number of sulfonamides is 1. The number of carbonyl (C=O) groups is 5. The number of rotatable bonds is 11. The first-order chi connectivity index (χ1) is 21.1. The molecule has 7 N–H and O–H groups in total. The van der Waals surface area contributed by atoms with Crippen LogP contribution in [0.1, 0.15) is 26.3 Å². The standard InChI is InChI=1S/C23H29N7O6S.2C2H4O2/c1-2-36-23(33)19(28-37(34,35)18-4-3-9-26-12-18)13-27-20(31)14-30-11-10-29(15-21(30)32)17-7-5-16(6-8-17)22(24)25;2*1-2(3)4/h3-9,12,19,28H,2,10-11,13-15H2,1H3,(H3,24,25)(H,27,31);2*1H3,(H,3,4)/t19-;;/m0../s1. The van der Waals surface area contributed by atoms with Crippen LogP contribution in [0.4, 0.5) is 5.69 Å². The summed E-state index contributed by atoms with van der Waals surface area (Å²) in [6.07, 6.45) is 2.54. The minimum Gasteiger partial charge on any atom is -0.481 e. The minimum absolute atomic E-state index is 0.0220. The van der Waals surface area contributed by atoms with Gasteiger partial charge in [-0.25, -0.2) is 8.42 Å². The second kappa shape index (κ2) is 18.5. The molecule has 0 radical (unpaired) electrons. The number of amidine groups is 1. The Labute approximate surface area is 259 Å². The lowest BCUT2D eigenvalue weighted by atomic mass is 10.1. The van der Waals surface area contributed by atoms with E-state index in [0.717, 1.165) is 25.7 Å². The Morgan fingerprint density at radius 2 is 1.69 bits per heavy atom. The van der Waals surface area contributed by atoms with E-state index in [9.17, 15) is 22.8 Å². The van der Waals surface area contributed by atoms with Gasteiger partial charge in [0.2, 0.25) is 21.8 Å². The van der Waals surface area contributed by atoms with E-state index in [2.05, 4.69) is 15.0 Å². The summed E-state index contributed by atoms with van der Waals surface area (Å²) in [5.74, 6) is -3.39. The molecule has 0 spiro atoms. The van der Waals surface area contributed by atoms with E-state index in [1.54, 1.807) is 31.2 Å². The highest BCUT2D eigenvalue weighted by atomic mass is 32.2. The summed E-state index contributed by atoms with van der Waals surface area (Å²) in [6, 6.07) is 8.32. The van der Waals surface area contributed by atoms with Crippen LogP contribution in [0, 0.1) is 5.41 Å². The first-order valence-corrected chi connectivity index (χ1v) is 14.8. The summed E-state index contributed by atoms with van der Waals surface area (Å²) in [4.78, 5) is 62.4. The zero-order chi connectivity index (χ0) is 34.2. The molecule has 2 aromatic rings. The molecule has 2 heterocycles. The van der Waals surface area contributed by atoms with Crippen LogP contribution in [0.15, 0.2) is 53.7 Å². The van der Waals surface area contributed by atoms with Crippen molar-refractivity contribution in [1.82, 2.24) is 19.9 Å². The van der Waals surface area contributed by atoms with E-state index >= 15 is 0 Å². The van der Waals surface area contributed by atoms with Gasteiger partial charge in [-0.05, 0) is 43.3 Å². The van der Waals surface area contributed by atoms with Gasteiger partial charge in [-0.1, -0.05) is 0 Å². The molecule has 1 aromatic carbocycles. The number of aliphatic carboxylic acids is 2. The number of benzene rings is 1. The molecule has 1 saturated heterocycles. The number of nitrogen functional groups attached to an aromatic ring is 1. The third kappa shape index (κ3) is 14.3. The number of hydrogen-bond acceptors (Lipinski definition) is 11. The summed E-state index contributed by atoms with van der Waals surface area (Å²) in [5, 5.41) is 24.8. The number of hydrogen-bond donors (Lipinski definition) is 6. The van der Waals surface area contributed by atoms with Gasteiger partial charge in [0.1, 0.15) is 16.8 Å². The number of aromatic nitrogens is 1. The second-order valence-electron chi connectivity index (χ2n) is 9.15. The number of ether oxygens (including phenoxy) is 1. The molecule has 17 nitrogen and oxygen atoms in total. The topological polar surface area (TPSA) is 262 Å². The van der Waals surface area contributed by atoms with Crippen molar-refractivity contribution < 1.29 is 47.3 Å². The van der Waals surface area contributed by atoms with Crippen LogP contribution in [-0.2, 0) is 38.7 Å². The van der Waals surface area contributed by atoms with E-state index < -0.39 is 39.9 Å². The summed E-state index contributed by atoms with van der Waals surface area (Å²) < 4.78 is 32.4. The van der Waals surface area contributed by atoms with Gasteiger partial charge >= 0.3 is 5.97 Å². The molecule has 1 fully saturated rings. The van der Waals surface area contributed by atoms with Crippen LogP contribution in [0.5, 0.6) is 0 Å². The lowest BCUT2D eigenvalue weighted by Gasteiger charge is -2.35. The van der Waals surface area contributed by atoms with Crippen molar-refractivity contribution >= 4 is 51.3 Å². The van der Waals surface area contributed by atoms with E-state index in [1.165, 1.54) is 23.2 Å². The number of carbonyl (C=O) groups excluding carboxylic acids is 3. The molecule has 0 aliphatic carbocycles. The average molecular weight is 652 g/mol. The monoisotopic (exact) mass is 651 g/mol. The van der Waals surface area contributed by atoms with Crippen molar-refractivity contribution in [2.45, 2.75) is 31.7 Å². The van der Waals surface area contributed by atoms with Crippen molar-refractivity contribution in [1.29, 1.82) is 5.41 Å². The number of nitrogens with zero attached hydrogens (tertiary/aromatic N) is 3. The Morgan fingerprint density at radius 1 is 1.09 bits per heavy atom. The van der Waals surface area contributed by atoms with Gasteiger partial charge in [0.15, 0.2) is 0 Å². The third-order valence-electron chi connectivity index (χ3n) is 5.51. The molecular formula is C27H37N7O10S. The number of anilines is 1. The van der Waals surface area contributed by atoms with Gasteiger partial charge in [0, 0.05) is 57.1 Å². The normalized spacial score (nSPS) is 13.2. The predicted molar refractivity (Wildman–Crippen MR) is 161 cm³/mol. The number of nitrogens with one attached hydrogen (secondary N) is 3. The van der Waals surface area contributed by atoms with Crippen molar-refractivity contribution in [3.63, 3.8) is 0 Å². The van der Waals surface area contributed by atoms with Crippen LogP contribution in [0.2, 0.25) is 0 Å². The smallest absolute Gasteiger partial charge is 0.326 e. The van der Waals surface area contributed by atoms with Gasteiger partial charge < -0.3 is 35.8 Å². The number of carboxylic acids is 2. The quantitative estimate of drug-likeness (QED) is 0.0991. The number of amides is 2. The molecule has 45 heavy (non-hydrogen) atoms. The summed E-state index contributed by atoms with van der Waals surface area (Å²) in [7, 11) is -4.10. The SMILES string of the molecule is CC(=O)O.CC(=O)O.CCOC(=O)[C@H](CNC(=O)CN1CCN(c2ccc(C(=N)N)cc2)CC1=O)NS(=O)(=O)c1cccnc1. The lowest BCUT2D eigenvalue weighted by molar-refractivity contribution is -0.145. The Bertz CT molecular complexity index is 1420. The molecule has 18 heteroatoms. The number of pyridine rings is 1. The summed E-state index contributed by atoms with van der Waals surface area (Å²) in [5.41, 5.74) is 6.84. The molecule has 1 aliphatic heterocycles. The molecule has 1 atom stereocenters. The number of piperazine rings is 1. The number of nitrogens with two attached hydrogens (primary N) is 1. The Balaban J connectivity index is 0.00000113. The Kier molecular flexibility index (Phi) is 15.6. The summed E-state index contributed by atoms with van der Waals surface area (Å²) in [6.45, 7) is 3.97. The maximum absolute atomic E-state index is 12.6. The van der Waals surface area contributed by atoms with Crippen LogP contribution in [-0.4, -0.2) is 109 Å². The van der Waals surface area contributed by atoms with Gasteiger partial charge in [-0.2, -0.15) is 4.72 Å². The van der Waals surface area contributed by atoms with Crippen molar-refractivity contribution in [2.75, 3.05) is 44.2 Å². The van der Waals surface area contributed by atoms with Crippen molar-refractivity contribution in [2.24, 2.45) is 5.73 Å². The first-order valence-electron chi connectivity index (χ1n) is 13.3. The van der Waals surface area contributed by atoms with Crippen LogP contribution in [0.3, 0.4) is 0 Å². The van der Waals surface area contributed by atoms with E-state index in [1.807, 2.05) is 4.90 Å². The highest BCUT2D eigenvalue weighted by molar-refractivity contribution is 7.89. The molecule has 246 valence electrons. The van der Waals surface area contributed by atoms with Gasteiger partial charge in [-0.3, -0.25) is 34.4 Å². The van der Waals surface area contributed by atoms with E-state index in [-0.39, 0.29) is 49.4 Å². The van der Waals surface area contributed by atoms with E-state index in [4.69, 9.17) is 35.7 Å². The summed E-state index contributed by atoms with van der Waals surface area (Å²) >= 11 is 0. The Hall–Kier alpha value is -5.10. The fourth-order valence-electron chi connectivity index (χ4n) is 3.57. The van der Waals surface area contributed by atoms with Crippen LogP contribution < -0.4 is 20.7 Å². The lowest BCUT2D eigenvalue weighted by Crippen LogP contribution is -2.54. The van der Waals surface area contributed by atoms with Crippen LogP contribution >= 0.6 is 0 Å². The molecule has 3 rings (SSSR count). The molecule has 0 bridgehead atoms.